The van der Waals surface area contributed by atoms with Gasteiger partial charge in [0.15, 0.2) is 15.7 Å². The summed E-state index contributed by atoms with van der Waals surface area (Å²) in [5.41, 5.74) is 0.745. The van der Waals surface area contributed by atoms with E-state index in [-0.39, 0.29) is 22.8 Å². The number of sulfone groups is 1. The molecule has 0 bridgehead atoms. The lowest BCUT2D eigenvalue weighted by Crippen LogP contribution is -2.35. The number of nitrogens with zero attached hydrogens (tertiary/aromatic N) is 2. The molecule has 0 spiro atoms. The van der Waals surface area contributed by atoms with Crippen LogP contribution in [0.4, 0.5) is 0 Å². The second-order valence-electron chi connectivity index (χ2n) is 6.76. The van der Waals surface area contributed by atoms with Gasteiger partial charge in [0.1, 0.15) is 0 Å². The molecule has 2 aliphatic heterocycles. The number of aromatic nitrogens is 2. The minimum atomic E-state index is -2.98. The molecule has 2 fully saturated rings. The molecule has 3 heterocycles. The predicted molar refractivity (Wildman–Crippen MR) is 95.3 cm³/mol. The van der Waals surface area contributed by atoms with Crippen LogP contribution < -0.4 is 0 Å². The third-order valence-electron chi connectivity index (χ3n) is 5.19. The van der Waals surface area contributed by atoms with E-state index in [1.807, 2.05) is 12.1 Å². The van der Waals surface area contributed by atoms with E-state index >= 15 is 0 Å². The summed E-state index contributed by atoms with van der Waals surface area (Å²) in [5.74, 6) is 1.23. The van der Waals surface area contributed by atoms with Crippen LogP contribution in [0.5, 0.6) is 0 Å². The van der Waals surface area contributed by atoms with Gasteiger partial charge < -0.3 is 9.26 Å². The van der Waals surface area contributed by atoms with Crippen LogP contribution in [-0.2, 0) is 20.0 Å². The van der Waals surface area contributed by atoms with Crippen LogP contribution in [0, 0.1) is 0 Å². The van der Waals surface area contributed by atoms with Crippen molar-refractivity contribution in [3.05, 3.63) is 46.0 Å². The summed E-state index contributed by atoms with van der Waals surface area (Å²) in [6.45, 7) is 1.26. The molecule has 6 nitrogen and oxygen atoms in total. The molecule has 1 unspecified atom stereocenters. The van der Waals surface area contributed by atoms with E-state index in [1.54, 1.807) is 0 Å². The normalized spacial score (nSPS) is 25.1. The number of benzene rings is 1. The molecule has 1 atom stereocenters. The lowest BCUT2D eigenvalue weighted by atomic mass is 9.74. The summed E-state index contributed by atoms with van der Waals surface area (Å²) in [7, 11) is -2.98. The molecule has 0 amide bonds. The highest BCUT2D eigenvalue weighted by Gasteiger charge is 2.42. The van der Waals surface area contributed by atoms with Gasteiger partial charge in [-0.1, -0.05) is 33.2 Å². The van der Waals surface area contributed by atoms with Gasteiger partial charge in [-0.05, 0) is 37.0 Å². The van der Waals surface area contributed by atoms with Gasteiger partial charge in [-0.25, -0.2) is 8.42 Å². The summed E-state index contributed by atoms with van der Waals surface area (Å²) in [4.78, 5) is 4.64. The summed E-state index contributed by atoms with van der Waals surface area (Å²) in [6.07, 6.45) is 2.09. The fourth-order valence-electron chi connectivity index (χ4n) is 3.71. The topological polar surface area (TPSA) is 82.3 Å². The first-order chi connectivity index (χ1) is 12.0. The van der Waals surface area contributed by atoms with E-state index in [4.69, 9.17) is 9.26 Å². The fourth-order valence-corrected chi connectivity index (χ4v) is 5.71. The van der Waals surface area contributed by atoms with E-state index in [0.717, 1.165) is 22.9 Å². The van der Waals surface area contributed by atoms with Crippen LogP contribution in [0.2, 0.25) is 0 Å². The monoisotopic (exact) mass is 426 g/mol. The Hall–Kier alpha value is -1.25. The van der Waals surface area contributed by atoms with Gasteiger partial charge in [-0.2, -0.15) is 4.98 Å². The Balaban J connectivity index is 1.70. The van der Waals surface area contributed by atoms with E-state index in [9.17, 15) is 8.42 Å². The summed E-state index contributed by atoms with van der Waals surface area (Å²) >= 11 is 3.47. The van der Waals surface area contributed by atoms with Crippen LogP contribution in [0.3, 0.4) is 0 Å². The Kier molecular flexibility index (Phi) is 4.45. The standard InChI is InChI=1S/C17H19BrN2O4S/c18-14-3-1-13(2-4-14)17(6-8-23-9-7-17)16-19-15(20-24-16)12-5-10-25(21,22)11-12/h1-4,12H,5-11H2. The lowest BCUT2D eigenvalue weighted by Gasteiger charge is -2.34. The van der Waals surface area contributed by atoms with Crippen LogP contribution in [-0.4, -0.2) is 43.3 Å². The summed E-state index contributed by atoms with van der Waals surface area (Å²) in [6, 6.07) is 8.15. The number of ether oxygens (including phenoxy) is 1. The molecule has 2 aromatic rings. The molecule has 1 aromatic heterocycles. The number of hydrogen-bond donors (Lipinski definition) is 0. The van der Waals surface area contributed by atoms with E-state index < -0.39 is 9.84 Å². The summed E-state index contributed by atoms with van der Waals surface area (Å²) in [5, 5.41) is 4.13. The smallest absolute Gasteiger partial charge is 0.237 e. The Labute approximate surface area is 155 Å². The van der Waals surface area contributed by atoms with Crippen molar-refractivity contribution < 1.29 is 17.7 Å². The number of rotatable bonds is 3. The van der Waals surface area contributed by atoms with E-state index in [0.29, 0.717) is 31.3 Å². The molecular weight excluding hydrogens is 408 g/mol. The van der Waals surface area contributed by atoms with Crippen LogP contribution >= 0.6 is 15.9 Å². The molecule has 0 saturated carbocycles. The van der Waals surface area contributed by atoms with Crippen LogP contribution in [0.1, 0.15) is 42.5 Å². The molecule has 4 rings (SSSR count). The van der Waals surface area contributed by atoms with Gasteiger partial charge in [0.05, 0.1) is 16.9 Å². The van der Waals surface area contributed by atoms with E-state index in [2.05, 4.69) is 38.2 Å². The van der Waals surface area contributed by atoms with Gasteiger partial charge in [-0.15, -0.1) is 0 Å². The molecule has 134 valence electrons. The molecule has 0 aliphatic carbocycles. The van der Waals surface area contributed by atoms with Crippen molar-refractivity contribution in [3.63, 3.8) is 0 Å². The second kappa shape index (κ2) is 6.48. The van der Waals surface area contributed by atoms with Crippen LogP contribution in [0.25, 0.3) is 0 Å². The van der Waals surface area contributed by atoms with Crippen molar-refractivity contribution in [1.82, 2.24) is 10.1 Å². The maximum Gasteiger partial charge on any atom is 0.237 e. The lowest BCUT2D eigenvalue weighted by molar-refractivity contribution is 0.0523. The maximum absolute atomic E-state index is 11.7. The van der Waals surface area contributed by atoms with Gasteiger partial charge in [0, 0.05) is 23.6 Å². The van der Waals surface area contributed by atoms with Crippen molar-refractivity contribution >= 4 is 25.8 Å². The average Bonchev–Trinajstić information content (AvgIpc) is 3.23. The maximum atomic E-state index is 11.7. The van der Waals surface area contributed by atoms with Crippen molar-refractivity contribution in [2.75, 3.05) is 24.7 Å². The molecule has 25 heavy (non-hydrogen) atoms. The molecule has 1 aromatic carbocycles. The zero-order chi connectivity index (χ0) is 17.5. The minimum Gasteiger partial charge on any atom is -0.381 e. The quantitative estimate of drug-likeness (QED) is 0.750. The molecule has 8 heteroatoms. The van der Waals surface area contributed by atoms with Gasteiger partial charge in [0.2, 0.25) is 5.89 Å². The van der Waals surface area contributed by atoms with Crippen molar-refractivity contribution in [2.45, 2.75) is 30.6 Å². The summed E-state index contributed by atoms with van der Waals surface area (Å²) < 4.78 is 35.7. The van der Waals surface area contributed by atoms with Gasteiger partial charge in [0.25, 0.3) is 0 Å². The highest BCUT2D eigenvalue weighted by Crippen LogP contribution is 2.41. The third kappa shape index (κ3) is 3.27. The van der Waals surface area contributed by atoms with Crippen molar-refractivity contribution in [2.24, 2.45) is 0 Å². The van der Waals surface area contributed by atoms with Gasteiger partial charge >= 0.3 is 0 Å². The highest BCUT2D eigenvalue weighted by molar-refractivity contribution is 9.10. The molecule has 0 radical (unpaired) electrons. The Morgan fingerprint density at radius 1 is 1.16 bits per heavy atom. The first-order valence-electron chi connectivity index (χ1n) is 8.37. The SMILES string of the molecule is O=S1(=O)CCC(c2noc(C3(c4ccc(Br)cc4)CCOCC3)n2)C1. The average molecular weight is 427 g/mol. The first kappa shape index (κ1) is 17.2. The van der Waals surface area contributed by atoms with Crippen LogP contribution in [0.15, 0.2) is 33.3 Å². The zero-order valence-electron chi connectivity index (χ0n) is 13.7. The Bertz CT molecular complexity index is 857. The molecule has 0 N–H and O–H groups in total. The molecule has 2 saturated heterocycles. The molecule has 2 aliphatic rings. The Morgan fingerprint density at radius 2 is 1.88 bits per heavy atom. The minimum absolute atomic E-state index is 0.111. The zero-order valence-corrected chi connectivity index (χ0v) is 16.1. The third-order valence-corrected chi connectivity index (χ3v) is 7.49. The fraction of sp³-hybridized carbons (Fsp3) is 0.529. The highest BCUT2D eigenvalue weighted by atomic mass is 79.9. The largest absolute Gasteiger partial charge is 0.381 e. The Morgan fingerprint density at radius 3 is 2.52 bits per heavy atom. The number of halogens is 1. The molecular formula is C17H19BrN2O4S. The van der Waals surface area contributed by atoms with Crippen molar-refractivity contribution in [1.29, 1.82) is 0 Å². The van der Waals surface area contributed by atoms with E-state index in [1.165, 1.54) is 0 Å². The number of hydrogen-bond acceptors (Lipinski definition) is 6. The predicted octanol–water partition coefficient (Wildman–Crippen LogP) is 2.83. The van der Waals surface area contributed by atoms with Gasteiger partial charge in [-0.3, -0.25) is 0 Å². The van der Waals surface area contributed by atoms with Crippen molar-refractivity contribution in [3.8, 4) is 0 Å². The second-order valence-corrected chi connectivity index (χ2v) is 9.90. The first-order valence-corrected chi connectivity index (χ1v) is 11.0.